The van der Waals surface area contributed by atoms with E-state index < -0.39 is 0 Å². The topological polar surface area (TPSA) is 63.4 Å². The number of rotatable bonds is 1. The second kappa shape index (κ2) is 4.20. The van der Waals surface area contributed by atoms with Crippen LogP contribution < -0.4 is 10.6 Å². The maximum absolute atomic E-state index is 11.9. The van der Waals surface area contributed by atoms with E-state index in [1.165, 1.54) is 4.90 Å². The Kier molecular flexibility index (Phi) is 2.88. The predicted octanol–water partition coefficient (Wildman–Crippen LogP) is 1.87. The number of nitrogens with zero attached hydrogens (tertiary/aromatic N) is 1. The van der Waals surface area contributed by atoms with Crippen LogP contribution in [-0.2, 0) is 9.59 Å². The molecule has 1 heterocycles. The zero-order valence-electron chi connectivity index (χ0n) is 10.1. The third kappa shape index (κ3) is 2.02. The lowest BCUT2D eigenvalue weighted by atomic mass is 9.96. The minimum Gasteiger partial charge on any atom is -0.398 e. The van der Waals surface area contributed by atoms with Gasteiger partial charge in [0.15, 0.2) is 0 Å². The summed E-state index contributed by atoms with van der Waals surface area (Å²) in [6.45, 7) is 3.74. The molecular formula is C13H16N2O2. The van der Waals surface area contributed by atoms with Gasteiger partial charge < -0.3 is 5.73 Å². The molecule has 0 aromatic heterocycles. The van der Waals surface area contributed by atoms with Crippen molar-refractivity contribution in [3.63, 3.8) is 0 Å². The van der Waals surface area contributed by atoms with Crippen molar-refractivity contribution in [1.82, 2.24) is 0 Å². The highest BCUT2D eigenvalue weighted by Crippen LogP contribution is 2.30. The van der Waals surface area contributed by atoms with Crippen molar-refractivity contribution in [2.24, 2.45) is 5.92 Å². The lowest BCUT2D eigenvalue weighted by molar-refractivity contribution is -0.130. The molecule has 2 amide bonds. The van der Waals surface area contributed by atoms with Gasteiger partial charge in [-0.1, -0.05) is 13.0 Å². The third-order valence-corrected chi connectivity index (χ3v) is 3.13. The summed E-state index contributed by atoms with van der Waals surface area (Å²) < 4.78 is 0. The van der Waals surface area contributed by atoms with Gasteiger partial charge in [0.25, 0.3) is 0 Å². The van der Waals surface area contributed by atoms with Crippen molar-refractivity contribution < 1.29 is 9.59 Å². The van der Waals surface area contributed by atoms with Gasteiger partial charge in [-0.25, -0.2) is 0 Å². The van der Waals surface area contributed by atoms with Gasteiger partial charge in [-0.15, -0.1) is 0 Å². The SMILES string of the molecule is Cc1c(N)cccc1N1C(=O)CC(C)CC1=O. The Balaban J connectivity index is 2.42. The molecule has 0 radical (unpaired) electrons. The number of hydrogen-bond acceptors (Lipinski definition) is 3. The van der Waals surface area contributed by atoms with Gasteiger partial charge in [-0.3, -0.25) is 14.5 Å². The number of carbonyl (C=O) groups is 2. The Hall–Kier alpha value is -1.84. The first-order chi connectivity index (χ1) is 8.00. The summed E-state index contributed by atoms with van der Waals surface area (Å²) in [6.07, 6.45) is 0.833. The third-order valence-electron chi connectivity index (χ3n) is 3.13. The Labute approximate surface area is 100 Å². The number of nitrogen functional groups attached to an aromatic ring is 1. The lowest BCUT2D eigenvalue weighted by Gasteiger charge is -2.29. The summed E-state index contributed by atoms with van der Waals surface area (Å²) >= 11 is 0. The highest BCUT2D eigenvalue weighted by molar-refractivity contribution is 6.17. The average Bonchev–Trinajstić information content (AvgIpc) is 2.23. The summed E-state index contributed by atoms with van der Waals surface area (Å²) in [4.78, 5) is 25.2. The minimum absolute atomic E-state index is 0.132. The van der Waals surface area contributed by atoms with Gasteiger partial charge in [-0.05, 0) is 30.5 Å². The number of piperidine rings is 1. The largest absolute Gasteiger partial charge is 0.398 e. The Morgan fingerprint density at radius 1 is 1.24 bits per heavy atom. The average molecular weight is 232 g/mol. The van der Waals surface area contributed by atoms with E-state index in [4.69, 9.17) is 5.73 Å². The van der Waals surface area contributed by atoms with Gasteiger partial charge in [-0.2, -0.15) is 0 Å². The van der Waals surface area contributed by atoms with Crippen molar-refractivity contribution in [3.05, 3.63) is 23.8 Å². The lowest BCUT2D eigenvalue weighted by Crippen LogP contribution is -2.43. The first-order valence-corrected chi connectivity index (χ1v) is 5.71. The van der Waals surface area contributed by atoms with Gasteiger partial charge in [0.05, 0.1) is 5.69 Å². The molecule has 0 spiro atoms. The standard InChI is InChI=1S/C13H16N2O2/c1-8-6-12(16)15(13(17)7-8)11-5-3-4-10(14)9(11)2/h3-5,8H,6-7,14H2,1-2H3. The Morgan fingerprint density at radius 3 is 2.41 bits per heavy atom. The quantitative estimate of drug-likeness (QED) is 0.594. The number of amides is 2. The molecule has 2 N–H and O–H groups in total. The molecule has 90 valence electrons. The summed E-state index contributed by atoms with van der Waals surface area (Å²) in [5, 5.41) is 0. The maximum Gasteiger partial charge on any atom is 0.234 e. The molecule has 0 atom stereocenters. The van der Waals surface area contributed by atoms with Gasteiger partial charge in [0, 0.05) is 18.5 Å². The number of benzene rings is 1. The van der Waals surface area contributed by atoms with E-state index in [0.717, 1.165) is 5.56 Å². The van der Waals surface area contributed by atoms with E-state index in [1.54, 1.807) is 18.2 Å². The number of hydrogen-bond donors (Lipinski definition) is 1. The second-order valence-electron chi connectivity index (χ2n) is 4.63. The van der Waals surface area contributed by atoms with Crippen molar-refractivity contribution in [3.8, 4) is 0 Å². The van der Waals surface area contributed by atoms with E-state index in [2.05, 4.69) is 0 Å². The van der Waals surface area contributed by atoms with Crippen LogP contribution in [0.5, 0.6) is 0 Å². The molecule has 1 aliphatic heterocycles. The predicted molar refractivity (Wildman–Crippen MR) is 66.5 cm³/mol. The second-order valence-corrected chi connectivity index (χ2v) is 4.63. The fraction of sp³-hybridized carbons (Fsp3) is 0.385. The molecule has 2 rings (SSSR count). The smallest absolute Gasteiger partial charge is 0.234 e. The van der Waals surface area contributed by atoms with E-state index in [9.17, 15) is 9.59 Å². The van der Waals surface area contributed by atoms with Crippen LogP contribution in [0.25, 0.3) is 0 Å². The van der Waals surface area contributed by atoms with Crippen molar-refractivity contribution in [2.75, 3.05) is 10.6 Å². The Morgan fingerprint density at radius 2 is 1.82 bits per heavy atom. The van der Waals surface area contributed by atoms with Crippen LogP contribution in [0.1, 0.15) is 25.3 Å². The van der Waals surface area contributed by atoms with Crippen LogP contribution >= 0.6 is 0 Å². The number of carbonyl (C=O) groups excluding carboxylic acids is 2. The van der Waals surface area contributed by atoms with Crippen LogP contribution in [0.15, 0.2) is 18.2 Å². The van der Waals surface area contributed by atoms with E-state index in [0.29, 0.717) is 24.2 Å². The molecule has 0 unspecified atom stereocenters. The minimum atomic E-state index is -0.137. The molecule has 4 nitrogen and oxygen atoms in total. The zero-order chi connectivity index (χ0) is 12.6. The molecule has 1 aliphatic rings. The van der Waals surface area contributed by atoms with Crippen molar-refractivity contribution in [2.45, 2.75) is 26.7 Å². The van der Waals surface area contributed by atoms with Gasteiger partial charge in [0.2, 0.25) is 11.8 Å². The number of imide groups is 1. The number of anilines is 2. The molecule has 1 aromatic rings. The molecule has 17 heavy (non-hydrogen) atoms. The van der Waals surface area contributed by atoms with Crippen LogP contribution in [0, 0.1) is 12.8 Å². The highest BCUT2D eigenvalue weighted by Gasteiger charge is 2.32. The fourth-order valence-corrected chi connectivity index (χ4v) is 2.14. The first-order valence-electron chi connectivity index (χ1n) is 5.71. The Bertz CT molecular complexity index is 464. The highest BCUT2D eigenvalue weighted by atomic mass is 16.2. The molecule has 1 fully saturated rings. The first kappa shape index (κ1) is 11.6. The van der Waals surface area contributed by atoms with Crippen LogP contribution in [0.2, 0.25) is 0 Å². The molecule has 0 bridgehead atoms. The summed E-state index contributed by atoms with van der Waals surface area (Å²) in [5.41, 5.74) is 7.79. The van der Waals surface area contributed by atoms with Crippen LogP contribution in [0.4, 0.5) is 11.4 Å². The summed E-state index contributed by atoms with van der Waals surface area (Å²) in [5.74, 6) is -0.141. The van der Waals surface area contributed by atoms with Crippen LogP contribution in [-0.4, -0.2) is 11.8 Å². The molecule has 0 saturated carbocycles. The van der Waals surface area contributed by atoms with Crippen molar-refractivity contribution in [1.29, 1.82) is 0 Å². The summed E-state index contributed by atoms with van der Waals surface area (Å²) in [6, 6.07) is 5.29. The molecule has 1 saturated heterocycles. The van der Waals surface area contributed by atoms with Gasteiger partial charge in [0.1, 0.15) is 0 Å². The monoisotopic (exact) mass is 232 g/mol. The van der Waals surface area contributed by atoms with E-state index in [-0.39, 0.29) is 17.7 Å². The summed E-state index contributed by atoms with van der Waals surface area (Å²) in [7, 11) is 0. The maximum atomic E-state index is 11.9. The van der Waals surface area contributed by atoms with Crippen LogP contribution in [0.3, 0.4) is 0 Å². The molecule has 0 aliphatic carbocycles. The molecule has 4 heteroatoms. The van der Waals surface area contributed by atoms with E-state index in [1.807, 2.05) is 13.8 Å². The fourth-order valence-electron chi connectivity index (χ4n) is 2.14. The number of nitrogens with two attached hydrogens (primary N) is 1. The zero-order valence-corrected chi connectivity index (χ0v) is 10.1. The van der Waals surface area contributed by atoms with Gasteiger partial charge >= 0.3 is 0 Å². The van der Waals surface area contributed by atoms with Crippen molar-refractivity contribution >= 4 is 23.2 Å². The molecule has 1 aromatic carbocycles. The van der Waals surface area contributed by atoms with E-state index >= 15 is 0 Å². The molecular weight excluding hydrogens is 216 g/mol. The normalized spacial score (nSPS) is 17.6.